The molecule has 2 fully saturated rings. The third kappa shape index (κ3) is 5.04. The fraction of sp³-hybridized carbons (Fsp3) is 0.690. The van der Waals surface area contributed by atoms with Crippen molar-refractivity contribution in [3.05, 3.63) is 30.1 Å². The van der Waals surface area contributed by atoms with E-state index >= 15 is 0 Å². The topological polar surface area (TPSA) is 70.5 Å². The van der Waals surface area contributed by atoms with Crippen molar-refractivity contribution in [3.8, 4) is 0 Å². The first kappa shape index (κ1) is 25.2. The fourth-order valence-electron chi connectivity index (χ4n) is 6.87. The second kappa shape index (κ2) is 10.5. The summed E-state index contributed by atoms with van der Waals surface area (Å²) >= 11 is 0. The van der Waals surface area contributed by atoms with E-state index in [2.05, 4.69) is 29.0 Å². The maximum Gasteiger partial charge on any atom is 0.290 e. The number of likely N-dealkylation sites (tertiary alicyclic amines) is 1. The molecule has 1 saturated carbocycles. The number of benzene rings is 1. The molecule has 0 unspecified atom stereocenters. The van der Waals surface area contributed by atoms with Crippen LogP contribution in [-0.2, 0) is 11.3 Å². The Labute approximate surface area is 215 Å². The lowest BCUT2D eigenvalue weighted by Crippen LogP contribution is -2.65. The third-order valence-electron chi connectivity index (χ3n) is 8.63. The number of nitrogens with zero attached hydrogens (tertiary/aromatic N) is 4. The monoisotopic (exact) mass is 493 g/mol. The lowest BCUT2D eigenvalue weighted by Gasteiger charge is -2.44. The largest absolute Gasteiger partial charge is 0.351 e. The van der Waals surface area contributed by atoms with E-state index in [-0.39, 0.29) is 17.9 Å². The molecular weight excluding hydrogens is 450 g/mol. The molecule has 3 atom stereocenters. The maximum absolute atomic E-state index is 13.9. The van der Waals surface area contributed by atoms with E-state index in [1.807, 2.05) is 40.7 Å². The van der Waals surface area contributed by atoms with Crippen LogP contribution in [0, 0.1) is 11.8 Å². The first-order valence-electron chi connectivity index (χ1n) is 14.2. The third-order valence-corrected chi connectivity index (χ3v) is 8.63. The number of imidazole rings is 1. The van der Waals surface area contributed by atoms with Crippen LogP contribution in [0.3, 0.4) is 0 Å². The summed E-state index contributed by atoms with van der Waals surface area (Å²) in [6.07, 6.45) is 9.01. The molecule has 196 valence electrons. The van der Waals surface area contributed by atoms with Gasteiger partial charge in [-0.2, -0.15) is 0 Å². The average Bonchev–Trinajstić information content (AvgIpc) is 3.01. The van der Waals surface area contributed by atoms with Gasteiger partial charge in [0.15, 0.2) is 5.82 Å². The Morgan fingerprint density at radius 2 is 1.75 bits per heavy atom. The van der Waals surface area contributed by atoms with Crippen molar-refractivity contribution in [1.82, 2.24) is 24.7 Å². The molecule has 1 N–H and O–H groups in total. The summed E-state index contributed by atoms with van der Waals surface area (Å²) in [5.41, 5.74) is 0.790. The molecule has 2 aromatic rings. The van der Waals surface area contributed by atoms with Gasteiger partial charge in [0.05, 0.1) is 17.6 Å². The molecule has 0 bridgehead atoms. The van der Waals surface area contributed by atoms with Crippen LogP contribution >= 0.6 is 0 Å². The number of para-hydroxylation sites is 2. The lowest BCUT2D eigenvalue weighted by molar-refractivity contribution is -0.133. The van der Waals surface area contributed by atoms with Crippen molar-refractivity contribution < 1.29 is 9.59 Å². The number of carbonyl (C=O) groups excluding carboxylic acids is 2. The van der Waals surface area contributed by atoms with Crippen LogP contribution in [0.4, 0.5) is 0 Å². The molecule has 1 aromatic carbocycles. The second-order valence-corrected chi connectivity index (χ2v) is 12.0. The van der Waals surface area contributed by atoms with Gasteiger partial charge in [0.1, 0.15) is 5.54 Å². The zero-order valence-electron chi connectivity index (χ0n) is 22.3. The zero-order valence-corrected chi connectivity index (χ0v) is 22.3. The SMILES string of the molecule is C[C@@H]1C[C@@H](C)CN(CCCN2C(=O)c3nc4ccccc4n3C[C@@]2(C)C(=O)NC2CCCCCC2)C1. The van der Waals surface area contributed by atoms with E-state index in [4.69, 9.17) is 0 Å². The molecule has 0 radical (unpaired) electrons. The minimum absolute atomic E-state index is 0.0219. The number of aromatic nitrogens is 2. The number of fused-ring (bicyclic) bond motifs is 3. The highest BCUT2D eigenvalue weighted by atomic mass is 16.2. The van der Waals surface area contributed by atoms with Crippen LogP contribution in [0.15, 0.2) is 24.3 Å². The summed E-state index contributed by atoms with van der Waals surface area (Å²) in [7, 11) is 0. The van der Waals surface area contributed by atoms with E-state index < -0.39 is 5.54 Å². The molecule has 7 nitrogen and oxygen atoms in total. The Balaban J connectivity index is 1.38. The molecule has 2 aliphatic heterocycles. The number of nitrogens with one attached hydrogen (secondary N) is 1. The van der Waals surface area contributed by atoms with Gasteiger partial charge < -0.3 is 19.7 Å². The molecule has 1 saturated heterocycles. The van der Waals surface area contributed by atoms with E-state index in [1.165, 1.54) is 19.3 Å². The van der Waals surface area contributed by atoms with Crippen LogP contribution < -0.4 is 5.32 Å². The lowest BCUT2D eigenvalue weighted by atomic mass is 9.91. The summed E-state index contributed by atoms with van der Waals surface area (Å²) in [6, 6.07) is 8.06. The maximum atomic E-state index is 13.9. The first-order valence-corrected chi connectivity index (χ1v) is 14.2. The molecule has 2 amide bonds. The number of carbonyl (C=O) groups is 2. The number of hydrogen-bond donors (Lipinski definition) is 1. The predicted molar refractivity (Wildman–Crippen MR) is 143 cm³/mol. The van der Waals surface area contributed by atoms with Gasteiger partial charge >= 0.3 is 0 Å². The van der Waals surface area contributed by atoms with Gasteiger partial charge in [-0.3, -0.25) is 9.59 Å². The molecule has 0 spiro atoms. The Kier molecular flexibility index (Phi) is 7.38. The second-order valence-electron chi connectivity index (χ2n) is 12.0. The number of piperidine rings is 1. The predicted octanol–water partition coefficient (Wildman–Crippen LogP) is 4.46. The van der Waals surface area contributed by atoms with Gasteiger partial charge in [-0.1, -0.05) is 51.7 Å². The smallest absolute Gasteiger partial charge is 0.290 e. The Morgan fingerprint density at radius 1 is 1.06 bits per heavy atom. The summed E-state index contributed by atoms with van der Waals surface area (Å²) in [5.74, 6) is 1.72. The summed E-state index contributed by atoms with van der Waals surface area (Å²) < 4.78 is 1.97. The van der Waals surface area contributed by atoms with E-state index in [9.17, 15) is 9.59 Å². The fourth-order valence-corrected chi connectivity index (χ4v) is 6.87. The minimum Gasteiger partial charge on any atom is -0.351 e. The van der Waals surface area contributed by atoms with E-state index in [0.29, 0.717) is 30.7 Å². The molecule has 1 aromatic heterocycles. The van der Waals surface area contributed by atoms with Crippen molar-refractivity contribution in [2.45, 2.75) is 90.3 Å². The normalized spacial score (nSPS) is 28.2. The van der Waals surface area contributed by atoms with Crippen LogP contribution in [0.25, 0.3) is 11.0 Å². The van der Waals surface area contributed by atoms with Crippen molar-refractivity contribution in [1.29, 1.82) is 0 Å². The van der Waals surface area contributed by atoms with Gasteiger partial charge in [0.2, 0.25) is 5.91 Å². The van der Waals surface area contributed by atoms with Gasteiger partial charge in [-0.25, -0.2) is 4.98 Å². The van der Waals surface area contributed by atoms with Crippen molar-refractivity contribution in [2.24, 2.45) is 11.8 Å². The van der Waals surface area contributed by atoms with Crippen LogP contribution in [-0.4, -0.2) is 68.9 Å². The minimum atomic E-state index is -0.942. The van der Waals surface area contributed by atoms with Crippen LogP contribution in [0.2, 0.25) is 0 Å². The highest BCUT2D eigenvalue weighted by molar-refractivity contribution is 6.01. The van der Waals surface area contributed by atoms with E-state index in [1.54, 1.807) is 0 Å². The number of amides is 2. The van der Waals surface area contributed by atoms with Gasteiger partial charge in [-0.05, 0) is 63.1 Å². The van der Waals surface area contributed by atoms with Gasteiger partial charge in [0.25, 0.3) is 5.91 Å². The molecule has 3 heterocycles. The average molecular weight is 494 g/mol. The number of rotatable bonds is 6. The zero-order chi connectivity index (χ0) is 25.3. The number of hydrogen-bond acceptors (Lipinski definition) is 4. The summed E-state index contributed by atoms with van der Waals surface area (Å²) in [5, 5.41) is 3.37. The molecule has 1 aliphatic carbocycles. The van der Waals surface area contributed by atoms with Crippen molar-refractivity contribution in [2.75, 3.05) is 26.2 Å². The standard InChI is InChI=1S/C29H43N5O2/c1-21-17-22(2)19-32(18-21)15-10-16-34-27(35)26-31-24-13-8-9-14-25(24)33(26)20-29(34,3)28(36)30-23-11-6-4-5-7-12-23/h8-9,13-14,21-23H,4-7,10-12,15-20H2,1-3H3,(H,30,36)/t21-,22-,29+/m1/s1. The molecule has 3 aliphatic rings. The van der Waals surface area contributed by atoms with E-state index in [0.717, 1.165) is 62.8 Å². The van der Waals surface area contributed by atoms with Crippen LogP contribution in [0.5, 0.6) is 0 Å². The summed E-state index contributed by atoms with van der Waals surface area (Å²) in [6.45, 7) is 10.8. The van der Waals surface area contributed by atoms with Crippen molar-refractivity contribution >= 4 is 22.8 Å². The van der Waals surface area contributed by atoms with Gasteiger partial charge in [0, 0.05) is 25.7 Å². The Bertz CT molecular complexity index is 1080. The molecule has 5 rings (SSSR count). The highest BCUT2D eigenvalue weighted by Crippen LogP contribution is 2.31. The van der Waals surface area contributed by atoms with Crippen LogP contribution in [0.1, 0.15) is 82.8 Å². The molecular formula is C29H43N5O2. The van der Waals surface area contributed by atoms with Gasteiger partial charge in [-0.15, -0.1) is 0 Å². The highest BCUT2D eigenvalue weighted by Gasteiger charge is 2.48. The Hall–Kier alpha value is -2.41. The molecule has 36 heavy (non-hydrogen) atoms. The quantitative estimate of drug-likeness (QED) is 0.604. The summed E-state index contributed by atoms with van der Waals surface area (Å²) in [4.78, 5) is 36.9. The molecule has 7 heteroatoms. The Morgan fingerprint density at radius 3 is 2.47 bits per heavy atom. The van der Waals surface area contributed by atoms with Crippen molar-refractivity contribution in [3.63, 3.8) is 0 Å². The first-order chi connectivity index (χ1) is 17.3.